The van der Waals surface area contributed by atoms with Crippen LogP contribution in [-0.4, -0.2) is 22.6 Å². The van der Waals surface area contributed by atoms with Gasteiger partial charge in [0.25, 0.3) is 10.0 Å². The van der Waals surface area contributed by atoms with Crippen molar-refractivity contribution in [1.82, 2.24) is 0 Å². The molecule has 0 atom stereocenters. The molecule has 1 N–H and O–H groups in total. The smallest absolute Gasteiger partial charge is 0.265 e. The zero-order valence-corrected chi connectivity index (χ0v) is 13.0. The number of sulfonamides is 1. The van der Waals surface area contributed by atoms with Gasteiger partial charge in [-0.25, -0.2) is 8.42 Å². The fraction of sp³-hybridized carbons (Fsp3) is 0.143. The van der Waals surface area contributed by atoms with Crippen LogP contribution in [0.2, 0.25) is 5.02 Å². The first-order valence-electron chi connectivity index (χ1n) is 5.96. The molecule has 0 aliphatic heterocycles. The normalized spacial score (nSPS) is 11.0. The second-order valence-electron chi connectivity index (χ2n) is 4.13. The summed E-state index contributed by atoms with van der Waals surface area (Å²) in [5, 5.41) is 0.528. The van der Waals surface area contributed by atoms with Gasteiger partial charge in [-0.3, -0.25) is 4.72 Å². The Labute approximate surface area is 128 Å². The number of ether oxygens (including phenoxy) is 2. The molecule has 21 heavy (non-hydrogen) atoms. The highest BCUT2D eigenvalue weighted by Gasteiger charge is 2.20. The van der Waals surface area contributed by atoms with Gasteiger partial charge < -0.3 is 9.47 Å². The van der Waals surface area contributed by atoms with Crippen LogP contribution < -0.4 is 14.2 Å². The van der Waals surface area contributed by atoms with Gasteiger partial charge in [0.2, 0.25) is 0 Å². The predicted octanol–water partition coefficient (Wildman–Crippen LogP) is 3.16. The van der Waals surface area contributed by atoms with Gasteiger partial charge in [0, 0.05) is 16.8 Å². The molecule has 0 amide bonds. The molecule has 7 heteroatoms. The zero-order chi connectivity index (χ0) is 15.5. The summed E-state index contributed by atoms with van der Waals surface area (Å²) in [6.45, 7) is 0. The number of halogens is 1. The average Bonchev–Trinajstić information content (AvgIpc) is 2.48. The molecule has 0 saturated carbocycles. The molecule has 112 valence electrons. The van der Waals surface area contributed by atoms with Crippen LogP contribution in [0.1, 0.15) is 0 Å². The maximum Gasteiger partial charge on any atom is 0.265 e. The summed E-state index contributed by atoms with van der Waals surface area (Å²) < 4.78 is 37.4. The number of hydrogen-bond acceptors (Lipinski definition) is 4. The quantitative estimate of drug-likeness (QED) is 0.916. The topological polar surface area (TPSA) is 64.6 Å². The standard InChI is InChI=1S/C14H14ClNO4S/c1-19-12-7-8-14(13(9-12)20-2)21(17,18)16-11-5-3-10(15)4-6-11/h3-9,16H,1-2H3. The van der Waals surface area contributed by atoms with Gasteiger partial charge in [-0.1, -0.05) is 11.6 Å². The summed E-state index contributed by atoms with van der Waals surface area (Å²) in [6.07, 6.45) is 0. The second kappa shape index (κ2) is 6.24. The molecule has 0 fully saturated rings. The van der Waals surface area contributed by atoms with Crippen molar-refractivity contribution < 1.29 is 17.9 Å². The van der Waals surface area contributed by atoms with Crippen LogP contribution in [0.15, 0.2) is 47.4 Å². The van der Waals surface area contributed by atoms with E-state index in [-0.39, 0.29) is 10.6 Å². The van der Waals surface area contributed by atoms with E-state index in [0.717, 1.165) is 0 Å². The Kier molecular flexibility index (Phi) is 4.59. The highest BCUT2D eigenvalue weighted by atomic mass is 35.5. The molecular weight excluding hydrogens is 314 g/mol. The molecule has 2 aromatic rings. The summed E-state index contributed by atoms with van der Waals surface area (Å²) in [6, 6.07) is 10.9. The van der Waals surface area contributed by atoms with Crippen LogP contribution in [0, 0.1) is 0 Å². The van der Waals surface area contributed by atoms with Crippen LogP contribution in [0.5, 0.6) is 11.5 Å². The number of hydrogen-bond donors (Lipinski definition) is 1. The third kappa shape index (κ3) is 3.59. The zero-order valence-electron chi connectivity index (χ0n) is 11.5. The molecule has 2 aromatic carbocycles. The molecule has 0 radical (unpaired) electrons. The van der Waals surface area contributed by atoms with Crippen molar-refractivity contribution in [2.75, 3.05) is 18.9 Å². The molecule has 0 spiro atoms. The number of methoxy groups -OCH3 is 2. The van der Waals surface area contributed by atoms with E-state index in [4.69, 9.17) is 21.1 Å². The number of benzene rings is 2. The van der Waals surface area contributed by atoms with Crippen molar-refractivity contribution in [2.45, 2.75) is 4.90 Å². The van der Waals surface area contributed by atoms with Crippen molar-refractivity contribution in [1.29, 1.82) is 0 Å². The molecule has 0 unspecified atom stereocenters. The van der Waals surface area contributed by atoms with E-state index >= 15 is 0 Å². The van der Waals surface area contributed by atoms with Gasteiger partial charge in [0.05, 0.1) is 14.2 Å². The predicted molar refractivity (Wildman–Crippen MR) is 81.8 cm³/mol. The first kappa shape index (κ1) is 15.5. The lowest BCUT2D eigenvalue weighted by atomic mass is 10.3. The molecular formula is C14H14ClNO4S. The molecule has 5 nitrogen and oxygen atoms in total. The minimum absolute atomic E-state index is 0.0285. The maximum atomic E-state index is 12.4. The van der Waals surface area contributed by atoms with Gasteiger partial charge in [0.1, 0.15) is 16.4 Å². The third-order valence-corrected chi connectivity index (χ3v) is 4.43. The Morgan fingerprint density at radius 1 is 1.00 bits per heavy atom. The third-order valence-electron chi connectivity index (χ3n) is 2.76. The fourth-order valence-corrected chi connectivity index (χ4v) is 3.06. The Morgan fingerprint density at radius 3 is 2.24 bits per heavy atom. The molecule has 0 aliphatic carbocycles. The Balaban J connectivity index is 2.37. The van der Waals surface area contributed by atoms with Crippen molar-refractivity contribution in [3.05, 3.63) is 47.5 Å². The van der Waals surface area contributed by atoms with Gasteiger partial charge in [-0.15, -0.1) is 0 Å². The first-order chi connectivity index (χ1) is 9.96. The average molecular weight is 328 g/mol. The van der Waals surface area contributed by atoms with E-state index in [0.29, 0.717) is 16.5 Å². The largest absolute Gasteiger partial charge is 0.497 e. The lowest BCUT2D eigenvalue weighted by Gasteiger charge is -2.12. The van der Waals surface area contributed by atoms with Gasteiger partial charge in [0.15, 0.2) is 0 Å². The minimum atomic E-state index is -3.77. The number of nitrogens with one attached hydrogen (secondary N) is 1. The van der Waals surface area contributed by atoms with Crippen molar-refractivity contribution >= 4 is 27.3 Å². The van der Waals surface area contributed by atoms with E-state index in [2.05, 4.69) is 4.72 Å². The molecule has 0 bridgehead atoms. The molecule has 0 heterocycles. The first-order valence-corrected chi connectivity index (χ1v) is 7.83. The lowest BCUT2D eigenvalue weighted by Crippen LogP contribution is -2.14. The summed E-state index contributed by atoms with van der Waals surface area (Å²) >= 11 is 5.77. The van der Waals surface area contributed by atoms with Crippen molar-refractivity contribution in [2.24, 2.45) is 0 Å². The number of rotatable bonds is 5. The Hall–Kier alpha value is -1.92. The Morgan fingerprint density at radius 2 is 1.67 bits per heavy atom. The van der Waals surface area contributed by atoms with Crippen LogP contribution in [0.25, 0.3) is 0 Å². The van der Waals surface area contributed by atoms with Crippen LogP contribution in [-0.2, 0) is 10.0 Å². The molecule has 0 aromatic heterocycles. The SMILES string of the molecule is COc1ccc(S(=O)(=O)Nc2ccc(Cl)cc2)c(OC)c1. The van der Waals surface area contributed by atoms with E-state index < -0.39 is 10.0 Å². The van der Waals surface area contributed by atoms with E-state index in [1.807, 2.05) is 0 Å². The monoisotopic (exact) mass is 327 g/mol. The summed E-state index contributed by atoms with van der Waals surface area (Å²) in [5.41, 5.74) is 0.414. The molecule has 2 rings (SSSR count). The fourth-order valence-electron chi connectivity index (χ4n) is 1.72. The van der Waals surface area contributed by atoms with E-state index in [9.17, 15) is 8.42 Å². The van der Waals surface area contributed by atoms with Crippen LogP contribution >= 0.6 is 11.6 Å². The van der Waals surface area contributed by atoms with E-state index in [1.54, 1.807) is 30.3 Å². The molecule has 0 aliphatic rings. The summed E-state index contributed by atoms with van der Waals surface area (Å²) in [4.78, 5) is 0.0285. The highest BCUT2D eigenvalue weighted by molar-refractivity contribution is 7.92. The minimum Gasteiger partial charge on any atom is -0.497 e. The summed E-state index contributed by atoms with van der Waals surface area (Å²) in [5.74, 6) is 0.716. The second-order valence-corrected chi connectivity index (χ2v) is 6.22. The Bertz CT molecular complexity index is 729. The van der Waals surface area contributed by atoms with Gasteiger partial charge in [-0.2, -0.15) is 0 Å². The summed E-state index contributed by atoms with van der Waals surface area (Å²) in [7, 11) is -0.874. The lowest BCUT2D eigenvalue weighted by molar-refractivity contribution is 0.386. The van der Waals surface area contributed by atoms with Gasteiger partial charge in [-0.05, 0) is 36.4 Å². The molecule has 0 saturated heterocycles. The maximum absolute atomic E-state index is 12.4. The van der Waals surface area contributed by atoms with Crippen LogP contribution in [0.4, 0.5) is 5.69 Å². The number of anilines is 1. The van der Waals surface area contributed by atoms with Crippen molar-refractivity contribution in [3.63, 3.8) is 0 Å². The van der Waals surface area contributed by atoms with Crippen molar-refractivity contribution in [3.8, 4) is 11.5 Å². The van der Waals surface area contributed by atoms with E-state index in [1.165, 1.54) is 26.4 Å². The van der Waals surface area contributed by atoms with Gasteiger partial charge >= 0.3 is 0 Å². The van der Waals surface area contributed by atoms with Crippen LogP contribution in [0.3, 0.4) is 0 Å². The highest BCUT2D eigenvalue weighted by Crippen LogP contribution is 2.29.